The number of methoxy groups -OCH3 is 1. The number of aliphatic hydroxyl groups is 1. The molecule has 0 aliphatic rings. The van der Waals surface area contributed by atoms with Gasteiger partial charge >= 0.3 is 12.1 Å². The van der Waals surface area contributed by atoms with E-state index in [4.69, 9.17) is 9.47 Å². The van der Waals surface area contributed by atoms with Crippen LogP contribution in [0.1, 0.15) is 65.1 Å². The fourth-order valence-corrected chi connectivity index (χ4v) is 3.67. The number of esters is 1. The molecule has 0 fully saturated rings. The van der Waals surface area contributed by atoms with Crippen LogP contribution in [0.5, 0.6) is 11.5 Å². The number of carbonyl (C=O) groups is 2. The van der Waals surface area contributed by atoms with E-state index < -0.39 is 29.1 Å². The molecule has 36 heavy (non-hydrogen) atoms. The standard InChI is InChI=1S/C28H27F3O5/c1-17(32)18-14-19(16-22(15-18)27(4,34)28(29,30)31)25(33)36-24-12-8-21(9-13-24)26(2,3)20-6-10-23(35-5)11-7-20/h6-16,34H,1-5H3. The van der Waals surface area contributed by atoms with Gasteiger partial charge in [0.1, 0.15) is 11.5 Å². The average molecular weight is 501 g/mol. The monoisotopic (exact) mass is 500 g/mol. The first-order chi connectivity index (χ1) is 16.7. The average Bonchev–Trinajstić information content (AvgIpc) is 2.83. The number of halogens is 3. The van der Waals surface area contributed by atoms with Crippen LogP contribution in [0.4, 0.5) is 13.2 Å². The van der Waals surface area contributed by atoms with Crippen molar-refractivity contribution in [2.45, 2.75) is 44.9 Å². The second kappa shape index (κ2) is 9.78. The second-order valence-corrected chi connectivity index (χ2v) is 9.19. The highest BCUT2D eigenvalue weighted by Crippen LogP contribution is 2.39. The summed E-state index contributed by atoms with van der Waals surface area (Å²) in [5.41, 5.74) is -2.73. The van der Waals surface area contributed by atoms with Gasteiger partial charge in [-0.05, 0) is 73.0 Å². The Morgan fingerprint density at radius 2 is 1.22 bits per heavy atom. The predicted octanol–water partition coefficient (Wildman–Crippen LogP) is 6.21. The number of Topliss-reactive ketones (excluding diaryl/α,β-unsaturated/α-hetero) is 1. The Kier molecular flexibility index (Phi) is 7.32. The lowest BCUT2D eigenvalue weighted by molar-refractivity contribution is -0.258. The summed E-state index contributed by atoms with van der Waals surface area (Å²) in [7, 11) is 1.59. The van der Waals surface area contributed by atoms with Crippen molar-refractivity contribution in [1.29, 1.82) is 0 Å². The van der Waals surface area contributed by atoms with Crippen LogP contribution in [0.25, 0.3) is 0 Å². The van der Waals surface area contributed by atoms with Crippen molar-refractivity contribution < 1.29 is 37.3 Å². The largest absolute Gasteiger partial charge is 0.497 e. The van der Waals surface area contributed by atoms with E-state index >= 15 is 0 Å². The molecular weight excluding hydrogens is 473 g/mol. The molecule has 3 rings (SSSR count). The van der Waals surface area contributed by atoms with Gasteiger partial charge in [0.05, 0.1) is 12.7 Å². The summed E-state index contributed by atoms with van der Waals surface area (Å²) in [6, 6.07) is 17.3. The number of ether oxygens (including phenoxy) is 2. The maximum absolute atomic E-state index is 13.4. The summed E-state index contributed by atoms with van der Waals surface area (Å²) in [4.78, 5) is 24.6. The lowest BCUT2D eigenvalue weighted by Gasteiger charge is -2.27. The van der Waals surface area contributed by atoms with E-state index in [-0.39, 0.29) is 22.3 Å². The van der Waals surface area contributed by atoms with Gasteiger partial charge in [-0.2, -0.15) is 13.2 Å². The topological polar surface area (TPSA) is 72.8 Å². The molecule has 3 aromatic carbocycles. The number of carbonyl (C=O) groups excluding carboxylic acids is 2. The van der Waals surface area contributed by atoms with Crippen LogP contribution in [0.15, 0.2) is 66.7 Å². The van der Waals surface area contributed by atoms with Crippen molar-refractivity contribution in [3.8, 4) is 11.5 Å². The van der Waals surface area contributed by atoms with Gasteiger partial charge in [0.15, 0.2) is 11.4 Å². The molecule has 0 aliphatic heterocycles. The fourth-order valence-electron chi connectivity index (χ4n) is 3.67. The van der Waals surface area contributed by atoms with Crippen LogP contribution in [-0.4, -0.2) is 30.1 Å². The highest BCUT2D eigenvalue weighted by Gasteiger charge is 2.51. The van der Waals surface area contributed by atoms with Crippen molar-refractivity contribution in [2.24, 2.45) is 0 Å². The van der Waals surface area contributed by atoms with Gasteiger partial charge in [-0.15, -0.1) is 0 Å². The number of benzene rings is 3. The molecule has 1 N–H and O–H groups in total. The first kappa shape index (κ1) is 26.9. The zero-order chi connectivity index (χ0) is 26.9. The van der Waals surface area contributed by atoms with E-state index in [9.17, 15) is 27.9 Å². The Bertz CT molecular complexity index is 1260. The third kappa shape index (κ3) is 5.44. The minimum absolute atomic E-state index is 0.152. The van der Waals surface area contributed by atoms with Crippen LogP contribution >= 0.6 is 0 Å². The van der Waals surface area contributed by atoms with Crippen LogP contribution in [0.3, 0.4) is 0 Å². The van der Waals surface area contributed by atoms with Crippen LogP contribution in [-0.2, 0) is 11.0 Å². The van der Waals surface area contributed by atoms with Gasteiger partial charge in [0.25, 0.3) is 0 Å². The van der Waals surface area contributed by atoms with Crippen molar-refractivity contribution in [3.05, 3.63) is 94.5 Å². The van der Waals surface area contributed by atoms with E-state index in [1.54, 1.807) is 31.4 Å². The quantitative estimate of drug-likeness (QED) is 0.237. The molecule has 1 unspecified atom stereocenters. The Morgan fingerprint density at radius 3 is 1.67 bits per heavy atom. The Morgan fingerprint density at radius 1 is 0.750 bits per heavy atom. The first-order valence-electron chi connectivity index (χ1n) is 11.1. The van der Waals surface area contributed by atoms with E-state index in [1.165, 1.54) is 0 Å². The van der Waals surface area contributed by atoms with E-state index in [0.29, 0.717) is 6.92 Å². The lowest BCUT2D eigenvalue weighted by atomic mass is 9.78. The zero-order valence-corrected chi connectivity index (χ0v) is 20.6. The number of rotatable bonds is 7. The molecule has 8 heteroatoms. The molecule has 3 aromatic rings. The maximum atomic E-state index is 13.4. The number of ketones is 1. The van der Waals surface area contributed by atoms with Gasteiger partial charge in [-0.25, -0.2) is 4.79 Å². The normalized spacial score (nSPS) is 13.6. The van der Waals surface area contributed by atoms with Crippen LogP contribution < -0.4 is 9.47 Å². The Hall–Kier alpha value is -3.65. The minimum Gasteiger partial charge on any atom is -0.497 e. The molecule has 0 aliphatic carbocycles. The molecule has 1 atom stereocenters. The molecule has 0 saturated carbocycles. The Labute approximate surface area is 207 Å². The highest BCUT2D eigenvalue weighted by molar-refractivity contribution is 5.98. The number of hydrogen-bond donors (Lipinski definition) is 1. The predicted molar refractivity (Wildman–Crippen MR) is 129 cm³/mol. The van der Waals surface area contributed by atoms with Gasteiger partial charge in [-0.1, -0.05) is 38.1 Å². The lowest BCUT2D eigenvalue weighted by Crippen LogP contribution is -2.39. The summed E-state index contributed by atoms with van der Waals surface area (Å²) < 4.78 is 50.7. The van der Waals surface area contributed by atoms with Gasteiger partial charge in [-0.3, -0.25) is 4.79 Å². The summed E-state index contributed by atoms with van der Waals surface area (Å²) in [6.07, 6.45) is -5.02. The van der Waals surface area contributed by atoms with Crippen LogP contribution in [0.2, 0.25) is 0 Å². The highest BCUT2D eigenvalue weighted by atomic mass is 19.4. The van der Waals surface area contributed by atoms with Crippen molar-refractivity contribution in [2.75, 3.05) is 7.11 Å². The van der Waals surface area contributed by atoms with E-state index in [0.717, 1.165) is 42.0 Å². The van der Waals surface area contributed by atoms with E-state index in [1.807, 2.05) is 38.1 Å². The molecule has 0 aromatic heterocycles. The first-order valence-corrected chi connectivity index (χ1v) is 11.1. The summed E-state index contributed by atoms with van der Waals surface area (Å²) in [5, 5.41) is 10.1. The number of hydrogen-bond acceptors (Lipinski definition) is 5. The molecular formula is C28H27F3O5. The van der Waals surface area contributed by atoms with E-state index in [2.05, 4.69) is 0 Å². The number of alkyl halides is 3. The SMILES string of the molecule is COc1ccc(C(C)(C)c2ccc(OC(=O)c3cc(C(C)=O)cc(C(C)(O)C(F)(F)F)c3)cc2)cc1. The van der Waals surface area contributed by atoms with Gasteiger partial charge < -0.3 is 14.6 Å². The second-order valence-electron chi connectivity index (χ2n) is 9.19. The zero-order valence-electron chi connectivity index (χ0n) is 20.6. The molecule has 0 bridgehead atoms. The summed E-state index contributed by atoms with van der Waals surface area (Å²) >= 11 is 0. The molecule has 190 valence electrons. The third-order valence-electron chi connectivity index (χ3n) is 6.29. The van der Waals surface area contributed by atoms with Gasteiger partial charge in [0.2, 0.25) is 0 Å². The fraction of sp³-hybridized carbons (Fsp3) is 0.286. The smallest absolute Gasteiger partial charge is 0.421 e. The molecule has 0 amide bonds. The molecule has 0 heterocycles. The van der Waals surface area contributed by atoms with Crippen molar-refractivity contribution in [3.63, 3.8) is 0 Å². The molecule has 5 nitrogen and oxygen atoms in total. The maximum Gasteiger partial charge on any atom is 0.421 e. The minimum atomic E-state index is -5.02. The van der Waals surface area contributed by atoms with Crippen LogP contribution in [0, 0.1) is 0 Å². The third-order valence-corrected chi connectivity index (χ3v) is 6.29. The Balaban J connectivity index is 1.87. The molecule has 0 radical (unpaired) electrons. The van der Waals surface area contributed by atoms with Crippen molar-refractivity contribution in [1.82, 2.24) is 0 Å². The summed E-state index contributed by atoms with van der Waals surface area (Å²) in [5.74, 6) is -0.606. The molecule has 0 saturated heterocycles. The van der Waals surface area contributed by atoms with Crippen molar-refractivity contribution >= 4 is 11.8 Å². The molecule has 0 spiro atoms. The van der Waals surface area contributed by atoms with Gasteiger partial charge in [0, 0.05) is 11.0 Å². The summed E-state index contributed by atoms with van der Waals surface area (Å²) in [6.45, 7) is 5.79.